The second kappa shape index (κ2) is 6.60. The van der Waals surface area contributed by atoms with Gasteiger partial charge in [-0.3, -0.25) is 4.79 Å². The standard InChI is InChI=1S/C15H17N3O5S/c1-3-23-15(21)18-9-7-10(14(20)22-2)24-11(9)12(17-18)16-13(19)8-5-4-6-8/h7-8H,3-6H2,1-2H3,(H,16,17,19). The number of esters is 1. The van der Waals surface area contributed by atoms with Crippen LogP contribution in [-0.4, -0.2) is 41.5 Å². The first-order valence-corrected chi connectivity index (χ1v) is 8.45. The highest BCUT2D eigenvalue weighted by atomic mass is 32.1. The Balaban J connectivity index is 1.99. The van der Waals surface area contributed by atoms with Crippen LogP contribution in [0.3, 0.4) is 0 Å². The highest BCUT2D eigenvalue weighted by Crippen LogP contribution is 2.34. The lowest BCUT2D eigenvalue weighted by molar-refractivity contribution is -0.122. The molecule has 0 spiro atoms. The molecule has 0 bridgehead atoms. The summed E-state index contributed by atoms with van der Waals surface area (Å²) in [6.07, 6.45) is 2.08. The van der Waals surface area contributed by atoms with Crippen LogP contribution < -0.4 is 5.32 Å². The van der Waals surface area contributed by atoms with E-state index in [1.165, 1.54) is 13.2 Å². The minimum Gasteiger partial charge on any atom is -0.465 e. The van der Waals surface area contributed by atoms with Crippen LogP contribution in [-0.2, 0) is 14.3 Å². The van der Waals surface area contributed by atoms with Crippen molar-refractivity contribution in [1.29, 1.82) is 0 Å². The van der Waals surface area contributed by atoms with Gasteiger partial charge in [-0.1, -0.05) is 6.42 Å². The molecule has 0 aromatic carbocycles. The van der Waals surface area contributed by atoms with E-state index in [0.29, 0.717) is 15.1 Å². The van der Waals surface area contributed by atoms with Crippen LogP contribution in [0.25, 0.3) is 10.2 Å². The van der Waals surface area contributed by atoms with Crippen molar-refractivity contribution in [3.63, 3.8) is 0 Å². The van der Waals surface area contributed by atoms with Crippen LogP contribution in [0.15, 0.2) is 6.07 Å². The van der Waals surface area contributed by atoms with E-state index >= 15 is 0 Å². The van der Waals surface area contributed by atoms with Gasteiger partial charge < -0.3 is 14.8 Å². The second-order valence-electron chi connectivity index (χ2n) is 5.39. The van der Waals surface area contributed by atoms with E-state index < -0.39 is 12.1 Å². The molecule has 1 aliphatic rings. The second-order valence-corrected chi connectivity index (χ2v) is 6.45. The third kappa shape index (κ3) is 2.86. The van der Waals surface area contributed by atoms with Crippen molar-refractivity contribution in [3.8, 4) is 0 Å². The van der Waals surface area contributed by atoms with Crippen LogP contribution >= 0.6 is 11.3 Å². The maximum Gasteiger partial charge on any atom is 0.435 e. The molecule has 9 heteroatoms. The lowest BCUT2D eigenvalue weighted by Crippen LogP contribution is -2.28. The molecule has 3 rings (SSSR count). The number of nitrogens with one attached hydrogen (secondary N) is 1. The van der Waals surface area contributed by atoms with Crippen LogP contribution in [0.5, 0.6) is 0 Å². The number of hydrogen-bond acceptors (Lipinski definition) is 7. The van der Waals surface area contributed by atoms with Gasteiger partial charge in [0.25, 0.3) is 0 Å². The molecular formula is C15H17N3O5S. The zero-order chi connectivity index (χ0) is 17.3. The van der Waals surface area contributed by atoms with Gasteiger partial charge in [0.15, 0.2) is 5.82 Å². The third-order valence-electron chi connectivity index (χ3n) is 3.90. The number of hydrogen-bond donors (Lipinski definition) is 1. The summed E-state index contributed by atoms with van der Waals surface area (Å²) in [5, 5.41) is 6.90. The molecule has 1 N–H and O–H groups in total. The number of fused-ring (bicyclic) bond motifs is 1. The number of amides is 1. The summed E-state index contributed by atoms with van der Waals surface area (Å²) in [5.41, 5.74) is 0.405. The molecule has 24 heavy (non-hydrogen) atoms. The highest BCUT2D eigenvalue weighted by molar-refractivity contribution is 7.21. The molecular weight excluding hydrogens is 334 g/mol. The first-order chi connectivity index (χ1) is 11.5. The minimum atomic E-state index is -0.666. The Morgan fingerprint density at radius 1 is 1.42 bits per heavy atom. The average molecular weight is 351 g/mol. The molecule has 1 saturated carbocycles. The Hall–Kier alpha value is -2.42. The van der Waals surface area contributed by atoms with E-state index in [1.807, 2.05) is 0 Å². The van der Waals surface area contributed by atoms with Crippen molar-refractivity contribution in [1.82, 2.24) is 9.78 Å². The lowest BCUT2D eigenvalue weighted by atomic mass is 9.85. The molecule has 2 aromatic rings. The first-order valence-electron chi connectivity index (χ1n) is 7.64. The fourth-order valence-electron chi connectivity index (χ4n) is 2.40. The smallest absolute Gasteiger partial charge is 0.435 e. The highest BCUT2D eigenvalue weighted by Gasteiger charge is 2.28. The Labute approximate surface area is 141 Å². The number of rotatable bonds is 4. The fraction of sp³-hybridized carbons (Fsp3) is 0.467. The van der Waals surface area contributed by atoms with E-state index in [4.69, 9.17) is 9.47 Å². The van der Waals surface area contributed by atoms with Crippen molar-refractivity contribution in [2.45, 2.75) is 26.2 Å². The summed E-state index contributed by atoms with van der Waals surface area (Å²) in [6.45, 7) is 1.88. The van der Waals surface area contributed by atoms with E-state index in [1.54, 1.807) is 6.92 Å². The Morgan fingerprint density at radius 2 is 2.17 bits per heavy atom. The fourth-order valence-corrected chi connectivity index (χ4v) is 3.40. The van der Waals surface area contributed by atoms with E-state index in [2.05, 4.69) is 10.4 Å². The molecule has 2 heterocycles. The zero-order valence-corrected chi connectivity index (χ0v) is 14.1. The number of carbonyl (C=O) groups is 3. The third-order valence-corrected chi connectivity index (χ3v) is 5.01. The number of aromatic nitrogens is 2. The van der Waals surface area contributed by atoms with E-state index in [9.17, 15) is 14.4 Å². The number of thiophene rings is 1. The summed E-state index contributed by atoms with van der Waals surface area (Å²) in [7, 11) is 1.28. The van der Waals surface area contributed by atoms with Gasteiger partial charge in [-0.15, -0.1) is 16.4 Å². The monoisotopic (exact) mass is 351 g/mol. The van der Waals surface area contributed by atoms with Gasteiger partial charge in [-0.05, 0) is 25.8 Å². The summed E-state index contributed by atoms with van der Waals surface area (Å²) in [5.74, 6) is -0.393. The topological polar surface area (TPSA) is 99.5 Å². The molecule has 0 radical (unpaired) electrons. The summed E-state index contributed by atoms with van der Waals surface area (Å²) in [6, 6.07) is 1.51. The van der Waals surface area contributed by atoms with Gasteiger partial charge in [0.05, 0.1) is 23.9 Å². The SMILES string of the molecule is CCOC(=O)n1nc(NC(=O)C2CCC2)c2sc(C(=O)OC)cc21. The Kier molecular flexibility index (Phi) is 4.52. The molecule has 1 amide bonds. The van der Waals surface area contributed by atoms with Gasteiger partial charge in [-0.25, -0.2) is 9.59 Å². The van der Waals surface area contributed by atoms with Gasteiger partial charge in [-0.2, -0.15) is 4.68 Å². The molecule has 0 saturated heterocycles. The molecule has 2 aromatic heterocycles. The van der Waals surface area contributed by atoms with Crippen molar-refractivity contribution in [2.24, 2.45) is 5.92 Å². The molecule has 1 fully saturated rings. The molecule has 0 unspecified atom stereocenters. The van der Waals surface area contributed by atoms with Crippen LogP contribution in [0.1, 0.15) is 35.9 Å². The average Bonchev–Trinajstić information content (AvgIpc) is 3.05. The zero-order valence-electron chi connectivity index (χ0n) is 13.3. The van der Waals surface area contributed by atoms with Crippen LogP contribution in [0.4, 0.5) is 10.6 Å². The number of nitrogens with zero attached hydrogens (tertiary/aromatic N) is 2. The van der Waals surface area contributed by atoms with Crippen molar-refractivity contribution in [3.05, 3.63) is 10.9 Å². The summed E-state index contributed by atoms with van der Waals surface area (Å²) < 4.78 is 11.3. The Bertz CT molecular complexity index is 805. The quantitative estimate of drug-likeness (QED) is 0.850. The van der Waals surface area contributed by atoms with E-state index in [0.717, 1.165) is 35.3 Å². The maximum atomic E-state index is 12.2. The predicted octanol–water partition coefficient (Wildman–Crippen LogP) is 2.63. The van der Waals surface area contributed by atoms with Crippen LogP contribution in [0, 0.1) is 5.92 Å². The van der Waals surface area contributed by atoms with Crippen molar-refractivity contribution >= 4 is 45.3 Å². The van der Waals surface area contributed by atoms with E-state index in [-0.39, 0.29) is 24.2 Å². The number of ether oxygens (including phenoxy) is 2. The number of methoxy groups -OCH3 is 1. The van der Waals surface area contributed by atoms with Gasteiger partial charge in [0.2, 0.25) is 5.91 Å². The summed E-state index contributed by atoms with van der Waals surface area (Å²) in [4.78, 5) is 36.3. The molecule has 0 aliphatic heterocycles. The summed E-state index contributed by atoms with van der Waals surface area (Å²) >= 11 is 1.11. The van der Waals surface area contributed by atoms with Gasteiger partial charge in [0.1, 0.15) is 4.88 Å². The molecule has 128 valence electrons. The van der Waals surface area contributed by atoms with Crippen molar-refractivity contribution in [2.75, 3.05) is 19.0 Å². The predicted molar refractivity (Wildman–Crippen MR) is 87.3 cm³/mol. The molecule has 0 atom stereocenters. The number of carbonyl (C=O) groups excluding carboxylic acids is 3. The van der Waals surface area contributed by atoms with Gasteiger partial charge >= 0.3 is 12.1 Å². The first kappa shape index (κ1) is 16.4. The molecule has 8 nitrogen and oxygen atoms in total. The number of anilines is 1. The largest absolute Gasteiger partial charge is 0.465 e. The Morgan fingerprint density at radius 3 is 2.75 bits per heavy atom. The van der Waals surface area contributed by atoms with Crippen molar-refractivity contribution < 1.29 is 23.9 Å². The maximum absolute atomic E-state index is 12.2. The molecule has 1 aliphatic carbocycles. The van der Waals surface area contributed by atoms with Crippen LogP contribution in [0.2, 0.25) is 0 Å². The normalized spacial score (nSPS) is 14.2. The van der Waals surface area contributed by atoms with Gasteiger partial charge in [0, 0.05) is 5.92 Å². The minimum absolute atomic E-state index is 0.0205. The lowest BCUT2D eigenvalue weighted by Gasteiger charge is -2.23.